The van der Waals surface area contributed by atoms with Gasteiger partial charge in [0.1, 0.15) is 11.3 Å². The summed E-state index contributed by atoms with van der Waals surface area (Å²) in [6.07, 6.45) is 0. The van der Waals surface area contributed by atoms with Crippen LogP contribution in [0.2, 0.25) is 0 Å². The molecule has 0 saturated carbocycles. The molecule has 0 bridgehead atoms. The van der Waals surface area contributed by atoms with E-state index < -0.39 is 5.97 Å². The molecule has 1 rings (SSSR count). The molecule has 0 radical (unpaired) electrons. The van der Waals surface area contributed by atoms with Gasteiger partial charge in [-0.05, 0) is 30.3 Å². The van der Waals surface area contributed by atoms with Gasteiger partial charge >= 0.3 is 5.97 Å². The van der Waals surface area contributed by atoms with Gasteiger partial charge in [0.15, 0.2) is 5.22 Å². The summed E-state index contributed by atoms with van der Waals surface area (Å²) >= 11 is 5.26. The first-order valence-electron chi connectivity index (χ1n) is 3.46. The van der Waals surface area contributed by atoms with Crippen LogP contribution in [0.3, 0.4) is 0 Å². The monoisotopic (exact) mass is 198 g/mol. The number of esters is 1. The summed E-state index contributed by atoms with van der Waals surface area (Å²) in [7, 11) is 0. The van der Waals surface area contributed by atoms with E-state index in [1.165, 1.54) is 12.1 Å². The number of hydrogen-bond acceptors (Lipinski definition) is 3. The van der Waals surface area contributed by atoms with Gasteiger partial charge in [-0.2, -0.15) is 0 Å². The van der Waals surface area contributed by atoms with Crippen LogP contribution in [0, 0.1) is 0 Å². The lowest BCUT2D eigenvalue weighted by Gasteiger charge is -2.02. The Balaban J connectivity index is 2.89. The van der Waals surface area contributed by atoms with Crippen molar-refractivity contribution in [2.75, 3.05) is 0 Å². The third-order valence-corrected chi connectivity index (χ3v) is 1.40. The Morgan fingerprint density at radius 2 is 2.08 bits per heavy atom. The number of carbonyl (C=O) groups is 1. The summed E-state index contributed by atoms with van der Waals surface area (Å²) in [5, 5.41) is 8.99. The molecule has 0 aliphatic heterocycles. The van der Waals surface area contributed by atoms with Gasteiger partial charge in [0.2, 0.25) is 0 Å². The first-order valence-corrected chi connectivity index (χ1v) is 3.83. The molecule has 1 N–H and O–H groups in total. The first-order chi connectivity index (χ1) is 6.11. The van der Waals surface area contributed by atoms with E-state index in [1.807, 2.05) is 0 Å². The maximum Gasteiger partial charge on any atom is 0.348 e. The summed E-state index contributed by atoms with van der Waals surface area (Å²) in [6.45, 7) is 3.19. The summed E-state index contributed by atoms with van der Waals surface area (Å²) in [5.41, 5.74) is 0.0595. The number of phenolic OH excluding ortho intramolecular Hbond substituents is 1. The minimum Gasteiger partial charge on any atom is -0.507 e. The highest BCUT2D eigenvalue weighted by Crippen LogP contribution is 2.18. The van der Waals surface area contributed by atoms with Crippen molar-refractivity contribution in [2.24, 2.45) is 0 Å². The van der Waals surface area contributed by atoms with Crippen molar-refractivity contribution in [1.82, 2.24) is 0 Å². The van der Waals surface area contributed by atoms with E-state index >= 15 is 0 Å². The van der Waals surface area contributed by atoms with Crippen molar-refractivity contribution in [1.29, 1.82) is 0 Å². The van der Waals surface area contributed by atoms with Crippen LogP contribution >= 0.6 is 11.6 Å². The summed E-state index contributed by atoms with van der Waals surface area (Å²) in [5.74, 6) is -0.872. The summed E-state index contributed by atoms with van der Waals surface area (Å²) in [4.78, 5) is 11.1. The molecule has 4 heteroatoms. The molecule has 13 heavy (non-hydrogen) atoms. The Kier molecular flexibility index (Phi) is 2.93. The van der Waals surface area contributed by atoms with E-state index in [0.29, 0.717) is 0 Å². The van der Waals surface area contributed by atoms with E-state index in [2.05, 4.69) is 11.3 Å². The zero-order chi connectivity index (χ0) is 9.84. The molecule has 68 valence electrons. The quantitative estimate of drug-likeness (QED) is 0.586. The molecule has 0 spiro atoms. The fourth-order valence-corrected chi connectivity index (χ4v) is 0.872. The molecule has 0 fully saturated rings. The summed E-state index contributed by atoms with van der Waals surface area (Å²) in [6, 6.07) is 6.01. The number of rotatable bonds is 2. The Labute approximate surface area is 80.2 Å². The second-order valence-electron chi connectivity index (χ2n) is 2.26. The molecule has 1 aromatic carbocycles. The van der Waals surface area contributed by atoms with Crippen molar-refractivity contribution in [3.05, 3.63) is 41.6 Å². The number of hydrogen-bond donors (Lipinski definition) is 1. The Bertz CT molecular complexity index is 346. The van der Waals surface area contributed by atoms with Gasteiger partial charge in [0.05, 0.1) is 0 Å². The van der Waals surface area contributed by atoms with Gasteiger partial charge in [0, 0.05) is 0 Å². The maximum atomic E-state index is 11.1. The number of ether oxygens (including phenoxy) is 1. The second-order valence-corrected chi connectivity index (χ2v) is 2.68. The van der Waals surface area contributed by atoms with Crippen molar-refractivity contribution in [3.8, 4) is 5.75 Å². The SMILES string of the molecule is C=C(Cl)OC(=O)c1ccccc1O. The molecular formula is C9H7ClO3. The third-order valence-electron chi connectivity index (χ3n) is 1.33. The maximum absolute atomic E-state index is 11.1. The van der Waals surface area contributed by atoms with Crippen LogP contribution in [0.1, 0.15) is 10.4 Å². The van der Waals surface area contributed by atoms with Gasteiger partial charge in [-0.15, -0.1) is 0 Å². The standard InChI is InChI=1S/C9H7ClO3/c1-6(10)13-9(12)7-4-2-3-5-8(7)11/h2-5,11H,1H2. The lowest BCUT2D eigenvalue weighted by atomic mass is 10.2. The highest BCUT2D eigenvalue weighted by molar-refractivity contribution is 6.28. The number of para-hydroxylation sites is 1. The Morgan fingerprint density at radius 1 is 1.46 bits per heavy atom. The molecule has 0 aliphatic carbocycles. The predicted molar refractivity (Wildman–Crippen MR) is 48.5 cm³/mol. The van der Waals surface area contributed by atoms with Crippen LogP contribution < -0.4 is 0 Å². The van der Waals surface area contributed by atoms with E-state index in [9.17, 15) is 9.90 Å². The van der Waals surface area contributed by atoms with E-state index in [-0.39, 0.29) is 16.5 Å². The fraction of sp³-hybridized carbons (Fsp3) is 0. The molecule has 1 aromatic rings. The van der Waals surface area contributed by atoms with E-state index in [0.717, 1.165) is 0 Å². The number of carbonyl (C=O) groups excluding carboxylic acids is 1. The van der Waals surface area contributed by atoms with Crippen molar-refractivity contribution in [2.45, 2.75) is 0 Å². The van der Waals surface area contributed by atoms with Crippen molar-refractivity contribution in [3.63, 3.8) is 0 Å². The third kappa shape index (κ3) is 2.49. The molecule has 0 aliphatic rings. The minimum atomic E-state index is -0.724. The fourth-order valence-electron chi connectivity index (χ4n) is 0.802. The Hall–Kier alpha value is -1.48. The number of halogens is 1. The van der Waals surface area contributed by atoms with Gasteiger partial charge in [-0.25, -0.2) is 4.79 Å². The molecule has 0 amide bonds. The lowest BCUT2D eigenvalue weighted by Crippen LogP contribution is -2.02. The minimum absolute atomic E-state index is 0.0595. The van der Waals surface area contributed by atoms with Crippen LogP contribution in [0.5, 0.6) is 5.75 Å². The van der Waals surface area contributed by atoms with Crippen LogP contribution in [0.4, 0.5) is 0 Å². The van der Waals surface area contributed by atoms with Crippen LogP contribution in [-0.2, 0) is 4.74 Å². The van der Waals surface area contributed by atoms with Crippen molar-refractivity contribution >= 4 is 17.6 Å². The van der Waals surface area contributed by atoms with Gasteiger partial charge in [-0.1, -0.05) is 12.1 Å². The molecule has 0 atom stereocenters. The lowest BCUT2D eigenvalue weighted by molar-refractivity contribution is 0.0647. The smallest absolute Gasteiger partial charge is 0.348 e. The summed E-state index contributed by atoms with van der Waals surface area (Å²) < 4.78 is 4.49. The van der Waals surface area contributed by atoms with Crippen molar-refractivity contribution < 1.29 is 14.6 Å². The zero-order valence-corrected chi connectivity index (χ0v) is 7.41. The second kappa shape index (κ2) is 3.96. The molecule has 0 aromatic heterocycles. The van der Waals surface area contributed by atoms with Gasteiger partial charge < -0.3 is 9.84 Å². The largest absolute Gasteiger partial charge is 0.507 e. The number of aromatic hydroxyl groups is 1. The van der Waals surface area contributed by atoms with Gasteiger partial charge in [-0.3, -0.25) is 0 Å². The Morgan fingerprint density at radius 3 is 2.62 bits per heavy atom. The highest BCUT2D eigenvalue weighted by Gasteiger charge is 2.11. The van der Waals surface area contributed by atoms with E-state index in [1.54, 1.807) is 12.1 Å². The number of benzene rings is 1. The topological polar surface area (TPSA) is 46.5 Å². The normalized spacial score (nSPS) is 9.31. The molecule has 3 nitrogen and oxygen atoms in total. The molecule has 0 unspecified atom stereocenters. The van der Waals surface area contributed by atoms with Crippen LogP contribution in [0.25, 0.3) is 0 Å². The van der Waals surface area contributed by atoms with E-state index in [4.69, 9.17) is 11.6 Å². The average Bonchev–Trinajstić information content (AvgIpc) is 2.03. The average molecular weight is 199 g/mol. The predicted octanol–water partition coefficient (Wildman–Crippen LogP) is 2.26. The van der Waals surface area contributed by atoms with Crippen LogP contribution in [0.15, 0.2) is 36.1 Å². The van der Waals surface area contributed by atoms with Crippen LogP contribution in [-0.4, -0.2) is 11.1 Å². The molecule has 0 saturated heterocycles. The van der Waals surface area contributed by atoms with Gasteiger partial charge in [0.25, 0.3) is 0 Å². The first kappa shape index (κ1) is 9.61. The highest BCUT2D eigenvalue weighted by atomic mass is 35.5. The zero-order valence-electron chi connectivity index (χ0n) is 6.66. The molecule has 0 heterocycles. The molecular weight excluding hydrogens is 192 g/mol. The number of phenols is 1.